The highest BCUT2D eigenvalue weighted by Gasteiger charge is 2.59. The van der Waals surface area contributed by atoms with Crippen molar-refractivity contribution in [3.63, 3.8) is 0 Å². The third-order valence-electron chi connectivity index (χ3n) is 11.2. The summed E-state index contributed by atoms with van der Waals surface area (Å²) in [5.74, 6) is -0.301. The van der Waals surface area contributed by atoms with E-state index in [-0.39, 0.29) is 23.9 Å². The van der Waals surface area contributed by atoms with Crippen LogP contribution in [0.15, 0.2) is 11.6 Å². The molecule has 4 unspecified atom stereocenters. The first-order valence-electron chi connectivity index (χ1n) is 16.8. The molecule has 0 aliphatic heterocycles. The molecule has 4 rings (SSSR count). The van der Waals surface area contributed by atoms with E-state index >= 15 is 0 Å². The van der Waals surface area contributed by atoms with Gasteiger partial charge < -0.3 is 4.74 Å². The first-order chi connectivity index (χ1) is 20.3. The number of esters is 1. The van der Waals surface area contributed by atoms with Crippen LogP contribution in [0.2, 0.25) is 0 Å². The predicted octanol–water partition coefficient (Wildman–Crippen LogP) is 10.1. The lowest BCUT2D eigenvalue weighted by Crippen LogP contribution is -2.51. The first-order valence-corrected chi connectivity index (χ1v) is 17.9. The fourth-order valence-electron chi connectivity index (χ4n) is 9.15. The van der Waals surface area contributed by atoms with E-state index in [0.717, 1.165) is 63.5 Å². The number of thioether (sulfide) groups is 1. The summed E-state index contributed by atoms with van der Waals surface area (Å²) in [4.78, 5) is 24.2. The summed E-state index contributed by atoms with van der Waals surface area (Å²) in [7, 11) is 0. The highest BCUT2D eigenvalue weighted by Crippen LogP contribution is 2.64. The molecule has 4 aliphatic rings. The number of alkyl halides is 5. The van der Waals surface area contributed by atoms with E-state index in [1.165, 1.54) is 56.4 Å². The Balaban J connectivity index is 1.17. The van der Waals surface area contributed by atoms with E-state index in [1.807, 2.05) is 6.08 Å². The molecule has 0 amide bonds. The molecule has 0 aromatic carbocycles. The van der Waals surface area contributed by atoms with Crippen LogP contribution in [0.4, 0.5) is 22.0 Å². The van der Waals surface area contributed by atoms with Gasteiger partial charge in [-0.15, -0.1) is 0 Å². The molecule has 0 saturated heterocycles. The van der Waals surface area contributed by atoms with E-state index in [9.17, 15) is 31.5 Å². The monoisotopic (exact) mass is 634 g/mol. The maximum atomic E-state index is 12.9. The van der Waals surface area contributed by atoms with Crippen LogP contribution < -0.4 is 0 Å². The van der Waals surface area contributed by atoms with Crippen molar-refractivity contribution in [2.24, 2.45) is 35.0 Å². The number of fused-ring (bicyclic) bond motifs is 5. The molecule has 0 N–H and O–H groups in total. The molecule has 43 heavy (non-hydrogen) atoms. The third-order valence-corrected chi connectivity index (χ3v) is 12.4. The Morgan fingerprint density at radius 2 is 1.63 bits per heavy atom. The molecule has 3 saturated carbocycles. The molecule has 7 atom stereocenters. The number of carbonyl (C=O) groups is 2. The standard InChI is InChI=1S/C34H51F5O3S/c1-23(40)42-30-15-14-29-31-24(21-25-22-26(41)12-13-27(25)28(31)16-18-32(29,30)2)11-8-6-4-3-5-7-9-19-43-20-10-17-33(35,36)34(37,38)39/h22,24,27-31H,3-21H2,1-2H3/t24-,27?,28?,29?,30+,31?,32+/m1/s1. The van der Waals surface area contributed by atoms with Gasteiger partial charge in [0.15, 0.2) is 5.78 Å². The second-order valence-electron chi connectivity index (χ2n) is 14.0. The number of ketones is 1. The summed E-state index contributed by atoms with van der Waals surface area (Å²) >= 11 is 1.47. The van der Waals surface area contributed by atoms with Gasteiger partial charge in [-0.1, -0.05) is 51.0 Å². The lowest BCUT2D eigenvalue weighted by molar-refractivity contribution is -0.284. The van der Waals surface area contributed by atoms with Crippen LogP contribution in [0.3, 0.4) is 0 Å². The Hall–Kier alpha value is -1.12. The minimum atomic E-state index is -5.45. The lowest BCUT2D eigenvalue weighted by Gasteiger charge is -2.56. The van der Waals surface area contributed by atoms with Gasteiger partial charge in [0, 0.05) is 25.2 Å². The van der Waals surface area contributed by atoms with Gasteiger partial charge in [0.05, 0.1) is 0 Å². The van der Waals surface area contributed by atoms with Crippen LogP contribution in [-0.2, 0) is 14.3 Å². The number of rotatable bonds is 15. The van der Waals surface area contributed by atoms with Crippen LogP contribution in [0, 0.1) is 35.0 Å². The van der Waals surface area contributed by atoms with Crippen molar-refractivity contribution in [1.29, 1.82) is 0 Å². The number of hydrogen-bond acceptors (Lipinski definition) is 4. The Morgan fingerprint density at radius 1 is 0.953 bits per heavy atom. The van der Waals surface area contributed by atoms with Gasteiger partial charge >= 0.3 is 18.1 Å². The SMILES string of the molecule is CC(=O)O[C@H]1CCC2C3C(CC[C@@]21C)C1CCC(=O)C=C1C[C@H]3CCCCCCCCCSCCCC(F)(F)C(F)(F)F. The zero-order valence-electron chi connectivity index (χ0n) is 26.0. The van der Waals surface area contributed by atoms with Gasteiger partial charge in [-0.2, -0.15) is 33.7 Å². The summed E-state index contributed by atoms with van der Waals surface area (Å²) in [5.41, 5.74) is 1.47. The van der Waals surface area contributed by atoms with E-state index in [0.29, 0.717) is 47.5 Å². The Bertz CT molecular complexity index is 982. The number of hydrogen-bond donors (Lipinski definition) is 0. The molecule has 0 heterocycles. The van der Waals surface area contributed by atoms with E-state index in [1.54, 1.807) is 0 Å². The molecule has 0 bridgehead atoms. The maximum absolute atomic E-state index is 12.9. The highest BCUT2D eigenvalue weighted by atomic mass is 32.2. The molecule has 246 valence electrons. The predicted molar refractivity (Wildman–Crippen MR) is 161 cm³/mol. The van der Waals surface area contributed by atoms with Crippen molar-refractivity contribution in [3.05, 3.63) is 11.6 Å². The van der Waals surface area contributed by atoms with Crippen LogP contribution >= 0.6 is 11.8 Å². The third kappa shape index (κ3) is 8.58. The van der Waals surface area contributed by atoms with Crippen LogP contribution in [0.5, 0.6) is 0 Å². The molecule has 3 fully saturated rings. The fourth-order valence-corrected chi connectivity index (χ4v) is 10.1. The minimum absolute atomic E-state index is 0.0269. The molecular formula is C34H51F5O3S. The number of unbranched alkanes of at least 4 members (excludes halogenated alkanes) is 6. The zero-order chi connectivity index (χ0) is 31.3. The molecular weight excluding hydrogens is 583 g/mol. The second kappa shape index (κ2) is 15.0. The largest absolute Gasteiger partial charge is 0.462 e. The Morgan fingerprint density at radius 3 is 2.33 bits per heavy atom. The second-order valence-corrected chi connectivity index (χ2v) is 15.3. The summed E-state index contributed by atoms with van der Waals surface area (Å²) < 4.78 is 68.4. The van der Waals surface area contributed by atoms with Gasteiger partial charge in [0.2, 0.25) is 0 Å². The minimum Gasteiger partial charge on any atom is -0.462 e. The summed E-state index contributed by atoms with van der Waals surface area (Å²) in [6, 6.07) is 0. The van der Waals surface area contributed by atoms with Crippen LogP contribution in [0.25, 0.3) is 0 Å². The molecule has 0 radical (unpaired) electrons. The molecule has 0 aromatic heterocycles. The Labute approximate surface area is 258 Å². The van der Waals surface area contributed by atoms with Gasteiger partial charge in [0.1, 0.15) is 6.10 Å². The van der Waals surface area contributed by atoms with E-state index < -0.39 is 18.5 Å². The van der Waals surface area contributed by atoms with Gasteiger partial charge in [-0.3, -0.25) is 9.59 Å². The average molecular weight is 635 g/mol. The van der Waals surface area contributed by atoms with Crippen LogP contribution in [0.1, 0.15) is 123 Å². The van der Waals surface area contributed by atoms with Crippen molar-refractivity contribution >= 4 is 23.5 Å². The number of ether oxygens (including phenoxy) is 1. The van der Waals surface area contributed by atoms with E-state index in [4.69, 9.17) is 4.74 Å². The van der Waals surface area contributed by atoms with Gasteiger partial charge in [-0.25, -0.2) is 0 Å². The van der Waals surface area contributed by atoms with Crippen molar-refractivity contribution < 1.29 is 36.3 Å². The highest BCUT2D eigenvalue weighted by molar-refractivity contribution is 7.99. The first kappa shape index (κ1) is 34.7. The topological polar surface area (TPSA) is 43.4 Å². The molecule has 4 aliphatic carbocycles. The molecule has 9 heteroatoms. The van der Waals surface area contributed by atoms with E-state index in [2.05, 4.69) is 6.92 Å². The van der Waals surface area contributed by atoms with Crippen LogP contribution in [-0.4, -0.2) is 41.5 Å². The quantitative estimate of drug-likeness (QED) is 0.102. The normalized spacial score (nSPS) is 32.5. The van der Waals surface area contributed by atoms with Crippen molar-refractivity contribution in [1.82, 2.24) is 0 Å². The summed E-state index contributed by atoms with van der Waals surface area (Å²) in [6.45, 7) is 3.89. The molecule has 3 nitrogen and oxygen atoms in total. The average Bonchev–Trinajstić information content (AvgIpc) is 3.25. The zero-order valence-corrected chi connectivity index (χ0v) is 26.8. The Kier molecular flexibility index (Phi) is 12.1. The van der Waals surface area contributed by atoms with Crippen molar-refractivity contribution in [2.75, 3.05) is 11.5 Å². The number of allylic oxidation sites excluding steroid dienone is 1. The number of carbonyl (C=O) groups excluding carboxylic acids is 2. The van der Waals surface area contributed by atoms with Crippen molar-refractivity contribution in [3.8, 4) is 0 Å². The molecule has 0 spiro atoms. The smallest absolute Gasteiger partial charge is 0.453 e. The summed E-state index contributed by atoms with van der Waals surface area (Å²) in [6.07, 6.45) is 11.5. The maximum Gasteiger partial charge on any atom is 0.453 e. The van der Waals surface area contributed by atoms with Crippen molar-refractivity contribution in [2.45, 2.75) is 141 Å². The lowest BCUT2D eigenvalue weighted by atomic mass is 9.49. The number of halogens is 5. The summed E-state index contributed by atoms with van der Waals surface area (Å²) in [5, 5.41) is 0. The fraction of sp³-hybridized carbons (Fsp3) is 0.882. The molecule has 0 aromatic rings. The van der Waals surface area contributed by atoms with Gasteiger partial charge in [0.25, 0.3) is 0 Å². The van der Waals surface area contributed by atoms with Gasteiger partial charge in [-0.05, 0) is 105 Å².